The van der Waals surface area contributed by atoms with Gasteiger partial charge in [-0.15, -0.1) is 0 Å². The van der Waals surface area contributed by atoms with Crippen LogP contribution in [0.1, 0.15) is 32.6 Å². The first kappa shape index (κ1) is 19.7. The normalized spacial score (nSPS) is 27.3. The van der Waals surface area contributed by atoms with E-state index in [1.807, 2.05) is 11.8 Å². The molecule has 2 heterocycles. The molecule has 2 amide bonds. The Morgan fingerprint density at radius 1 is 1.42 bits per heavy atom. The van der Waals surface area contributed by atoms with Crippen LogP contribution in [0.4, 0.5) is 4.79 Å². The van der Waals surface area contributed by atoms with E-state index >= 15 is 0 Å². The molecule has 0 aliphatic carbocycles. The molecule has 19 heavy (non-hydrogen) atoms. The van der Waals surface area contributed by atoms with E-state index in [9.17, 15) is 14.7 Å². The zero-order valence-corrected chi connectivity index (χ0v) is 15.5. The van der Waals surface area contributed by atoms with Gasteiger partial charge in [-0.2, -0.15) is 18.7 Å². The van der Waals surface area contributed by atoms with E-state index in [-0.39, 0.29) is 75.9 Å². The fourth-order valence-electron chi connectivity index (χ4n) is 2.26. The third kappa shape index (κ3) is 6.35. The Kier molecular flexibility index (Phi) is 10.9. The van der Waals surface area contributed by atoms with E-state index in [1.165, 1.54) is 0 Å². The van der Waals surface area contributed by atoms with Crippen molar-refractivity contribution in [2.45, 2.75) is 49.9 Å². The average Bonchev–Trinajstić information content (AvgIpc) is 2.87. The van der Waals surface area contributed by atoms with E-state index in [4.69, 9.17) is 0 Å². The van der Waals surface area contributed by atoms with E-state index < -0.39 is 5.97 Å². The quantitative estimate of drug-likeness (QED) is 0.251. The van der Waals surface area contributed by atoms with Gasteiger partial charge in [0.15, 0.2) is 0 Å². The van der Waals surface area contributed by atoms with Crippen molar-refractivity contribution in [3.8, 4) is 0 Å². The summed E-state index contributed by atoms with van der Waals surface area (Å²) in [6, 6.07) is 0.402. The summed E-state index contributed by atoms with van der Waals surface area (Å²) in [6.07, 6.45) is 2.64. The molecular weight excluding hydrogens is 291 g/mol. The summed E-state index contributed by atoms with van der Waals surface area (Å²) in [6.45, 7) is 5.00. The van der Waals surface area contributed by atoms with Crippen molar-refractivity contribution in [3.05, 3.63) is 6.92 Å². The van der Waals surface area contributed by atoms with E-state index in [1.54, 1.807) is 6.92 Å². The van der Waals surface area contributed by atoms with Crippen molar-refractivity contribution in [1.82, 2.24) is 10.6 Å². The maximum Gasteiger partial charge on any atom is 1.00 e. The maximum atomic E-state index is 11.1. The molecule has 0 aromatic heterocycles. The molecule has 0 saturated carbocycles. The summed E-state index contributed by atoms with van der Waals surface area (Å²) < 4.78 is 0. The average molecular weight is 311 g/mol. The number of hydrogen-bond acceptors (Lipinski definition) is 4. The summed E-state index contributed by atoms with van der Waals surface area (Å²) in [5.41, 5.74) is 0. The van der Waals surface area contributed by atoms with E-state index in [2.05, 4.69) is 17.6 Å². The molecule has 2 saturated heterocycles. The molecule has 2 N–H and O–H groups in total. The number of rotatable bonds is 5. The number of carboxylic acids is 1. The molecule has 0 spiro atoms. The predicted octanol–water partition coefficient (Wildman–Crippen LogP) is -2.69. The number of unbranched alkanes of at least 4 members (excludes halogenated alkanes) is 1. The maximum absolute atomic E-state index is 11.1. The molecule has 3 unspecified atom stereocenters. The van der Waals surface area contributed by atoms with Gasteiger partial charge in [-0.3, -0.25) is 0 Å². The van der Waals surface area contributed by atoms with Crippen molar-refractivity contribution >= 4 is 23.8 Å². The minimum atomic E-state index is -0.979. The number of carboxylic acid groups (broad SMARTS) is 1. The van der Waals surface area contributed by atoms with Crippen LogP contribution in [0.3, 0.4) is 0 Å². The SMILES string of the molecule is O=C([O-])CCCCC1SCC2NC(=O)NC21.[CH2-]C.[K+]. The van der Waals surface area contributed by atoms with Crippen molar-refractivity contribution in [2.24, 2.45) is 0 Å². The van der Waals surface area contributed by atoms with Gasteiger partial charge in [0.2, 0.25) is 0 Å². The number of urea groups is 1. The van der Waals surface area contributed by atoms with Gasteiger partial charge in [-0.05, 0) is 19.3 Å². The Labute approximate surface area is 161 Å². The van der Waals surface area contributed by atoms with Gasteiger partial charge >= 0.3 is 57.4 Å². The summed E-state index contributed by atoms with van der Waals surface area (Å²) in [5.74, 6) is -0.0260. The molecular formula is C12H20KN2O3S-. The Morgan fingerprint density at radius 3 is 2.74 bits per heavy atom. The summed E-state index contributed by atoms with van der Waals surface area (Å²) in [7, 11) is 0. The topological polar surface area (TPSA) is 81.3 Å². The van der Waals surface area contributed by atoms with Gasteiger partial charge in [0, 0.05) is 17.0 Å². The van der Waals surface area contributed by atoms with Gasteiger partial charge < -0.3 is 27.5 Å². The first-order valence-electron chi connectivity index (χ1n) is 6.26. The number of aliphatic carboxylic acids is 1. The van der Waals surface area contributed by atoms with Gasteiger partial charge in [-0.25, -0.2) is 4.79 Å². The second kappa shape index (κ2) is 10.5. The molecule has 2 rings (SSSR count). The molecule has 3 atom stereocenters. The minimum absolute atomic E-state index is 0. The monoisotopic (exact) mass is 311 g/mol. The number of thioether (sulfide) groups is 1. The number of fused-ring (bicyclic) bond motifs is 1. The number of carbonyl (C=O) groups is 2. The number of amides is 2. The largest absolute Gasteiger partial charge is 1.00 e. The molecule has 0 aromatic rings. The van der Waals surface area contributed by atoms with E-state index in [0.717, 1.165) is 18.6 Å². The van der Waals surface area contributed by atoms with Crippen LogP contribution in [-0.4, -0.2) is 35.1 Å². The number of hydrogen-bond donors (Lipinski definition) is 2. The molecule has 7 heteroatoms. The van der Waals surface area contributed by atoms with Crippen molar-refractivity contribution in [3.63, 3.8) is 0 Å². The second-order valence-corrected chi connectivity index (χ2v) is 5.51. The molecule has 2 aliphatic rings. The summed E-state index contributed by atoms with van der Waals surface area (Å²) >= 11 is 1.85. The molecule has 2 aliphatic heterocycles. The van der Waals surface area contributed by atoms with Crippen LogP contribution in [-0.2, 0) is 4.79 Å². The molecule has 2 fully saturated rings. The fraction of sp³-hybridized carbons (Fsp3) is 0.750. The Morgan fingerprint density at radius 2 is 2.11 bits per heavy atom. The van der Waals surface area contributed by atoms with Crippen molar-refractivity contribution < 1.29 is 66.1 Å². The van der Waals surface area contributed by atoms with Gasteiger partial charge in [-0.1, -0.05) is 6.42 Å². The van der Waals surface area contributed by atoms with Gasteiger partial charge in [0.05, 0.1) is 12.1 Å². The Balaban J connectivity index is 0.00000103. The number of nitrogens with one attached hydrogen (secondary N) is 2. The standard InChI is InChI=1S/C10H16N2O3S.C2H5.K/c13-8(14)4-2-1-3-7-9-6(5-16-7)11-10(15)12-9;1-2;/h6-7,9H,1-5H2,(H,13,14)(H2,11,12,15);1H2,2H3;/q;-1;+1/p-1. The van der Waals surface area contributed by atoms with Crippen molar-refractivity contribution in [2.75, 3.05) is 5.75 Å². The smallest absolute Gasteiger partial charge is 0.550 e. The molecule has 0 radical (unpaired) electrons. The zero-order chi connectivity index (χ0) is 13.5. The van der Waals surface area contributed by atoms with Crippen LogP contribution in [0, 0.1) is 6.92 Å². The molecule has 0 bridgehead atoms. The Hall–Kier alpha value is 0.726. The van der Waals surface area contributed by atoms with Crippen LogP contribution in [0.5, 0.6) is 0 Å². The first-order valence-corrected chi connectivity index (χ1v) is 7.31. The van der Waals surface area contributed by atoms with Crippen LogP contribution < -0.4 is 67.1 Å². The molecule has 0 aromatic carbocycles. The zero-order valence-electron chi connectivity index (χ0n) is 11.6. The van der Waals surface area contributed by atoms with Crippen molar-refractivity contribution in [1.29, 1.82) is 0 Å². The summed E-state index contributed by atoms with van der Waals surface area (Å²) in [4.78, 5) is 21.3. The molecule has 5 nitrogen and oxygen atoms in total. The fourth-order valence-corrected chi connectivity index (χ4v) is 3.80. The predicted molar refractivity (Wildman–Crippen MR) is 70.0 cm³/mol. The first-order chi connectivity index (χ1) is 8.66. The minimum Gasteiger partial charge on any atom is -0.550 e. The van der Waals surface area contributed by atoms with Crippen LogP contribution in [0.2, 0.25) is 0 Å². The summed E-state index contributed by atoms with van der Waals surface area (Å²) in [5, 5.41) is 16.5. The van der Waals surface area contributed by atoms with Crippen LogP contribution in [0.25, 0.3) is 0 Å². The second-order valence-electron chi connectivity index (χ2n) is 4.24. The third-order valence-corrected chi connectivity index (χ3v) is 4.57. The number of carbonyl (C=O) groups excluding carboxylic acids is 2. The van der Waals surface area contributed by atoms with E-state index in [0.29, 0.717) is 11.7 Å². The van der Waals surface area contributed by atoms with Crippen LogP contribution >= 0.6 is 11.8 Å². The third-order valence-electron chi connectivity index (χ3n) is 3.06. The van der Waals surface area contributed by atoms with Gasteiger partial charge in [0.25, 0.3) is 0 Å². The van der Waals surface area contributed by atoms with Crippen LogP contribution in [0.15, 0.2) is 0 Å². The Bertz CT molecular complexity index is 305. The van der Waals surface area contributed by atoms with Gasteiger partial charge in [0.1, 0.15) is 0 Å². The molecule has 104 valence electrons.